The van der Waals surface area contributed by atoms with Gasteiger partial charge in [0.05, 0.1) is 16.9 Å². The largest absolute Gasteiger partial charge is 0.431 e. The van der Waals surface area contributed by atoms with E-state index >= 15 is 0 Å². The van der Waals surface area contributed by atoms with Crippen molar-refractivity contribution in [2.24, 2.45) is 7.05 Å². The van der Waals surface area contributed by atoms with Gasteiger partial charge < -0.3 is 10.0 Å². The van der Waals surface area contributed by atoms with Gasteiger partial charge >= 0.3 is 11.9 Å². The first-order valence-electron chi connectivity index (χ1n) is 7.73. The number of aromatic nitrogens is 2. The van der Waals surface area contributed by atoms with Crippen LogP contribution >= 0.6 is 0 Å². The Bertz CT molecular complexity index is 1100. The smallest absolute Gasteiger partial charge is 0.400 e. The summed E-state index contributed by atoms with van der Waals surface area (Å²) in [6, 6.07) is 3.40. The Kier molecular flexibility index (Phi) is 7.07. The Balaban J connectivity index is 0.00000204. The van der Waals surface area contributed by atoms with Gasteiger partial charge in [-0.15, -0.1) is 0 Å². The molecule has 1 aromatic heterocycles. The van der Waals surface area contributed by atoms with Crippen molar-refractivity contribution in [2.75, 3.05) is 19.1 Å². The number of nitriles is 1. The number of carbonyl (C=O) groups is 1. The lowest BCUT2D eigenvalue weighted by Gasteiger charge is -2.19. The van der Waals surface area contributed by atoms with E-state index in [2.05, 4.69) is 0 Å². The lowest BCUT2D eigenvalue weighted by Crippen LogP contribution is -2.41. The Morgan fingerprint density at radius 1 is 1.21 bits per heavy atom. The third kappa shape index (κ3) is 4.52. The topological polar surface area (TPSA) is 108 Å². The highest BCUT2D eigenvalue weighted by Gasteiger charge is 2.35. The number of carbonyl (C=O) groups excluding carboxylic acids is 1. The zero-order valence-corrected chi connectivity index (χ0v) is 15.7. The molecular formula is C17H16F4N4O4. The zero-order valence-electron chi connectivity index (χ0n) is 15.7. The number of anilines is 1. The minimum Gasteiger partial charge on any atom is -0.400 e. The number of hydrogen-bond donors (Lipinski definition) is 1. The molecule has 0 atom stereocenters. The fourth-order valence-electron chi connectivity index (χ4n) is 2.38. The molecule has 0 aliphatic rings. The molecular weight excluding hydrogens is 400 g/mol. The summed E-state index contributed by atoms with van der Waals surface area (Å²) in [5.74, 6) is -1.72. The maximum absolute atomic E-state index is 14.4. The molecule has 0 bridgehead atoms. The predicted molar refractivity (Wildman–Crippen MR) is 94.2 cm³/mol. The predicted octanol–water partition coefficient (Wildman–Crippen LogP) is 1.16. The number of rotatable bonds is 2. The monoisotopic (exact) mass is 416 g/mol. The first-order chi connectivity index (χ1) is 13.4. The average Bonchev–Trinajstić information content (AvgIpc) is 2.65. The molecule has 0 radical (unpaired) electrons. The van der Waals surface area contributed by atoms with Gasteiger partial charge in [-0.3, -0.25) is 14.2 Å². The summed E-state index contributed by atoms with van der Waals surface area (Å²) in [4.78, 5) is 36.9. The van der Waals surface area contributed by atoms with Crippen LogP contribution in [-0.2, 0) is 18.0 Å². The van der Waals surface area contributed by atoms with E-state index in [0.29, 0.717) is 6.07 Å². The van der Waals surface area contributed by atoms with Gasteiger partial charge in [-0.2, -0.15) is 18.4 Å². The first kappa shape index (κ1) is 23.6. The van der Waals surface area contributed by atoms with E-state index in [1.54, 1.807) is 6.07 Å². The minimum absolute atomic E-state index is 0.116. The van der Waals surface area contributed by atoms with Crippen molar-refractivity contribution in [1.82, 2.24) is 9.13 Å². The molecule has 12 heteroatoms. The molecule has 2 aromatic rings. The molecule has 0 saturated carbocycles. The average molecular weight is 416 g/mol. The summed E-state index contributed by atoms with van der Waals surface area (Å²) in [5, 5.41) is 16.1. The molecule has 1 N–H and O–H groups in total. The molecule has 156 valence electrons. The Labute approximate surface area is 161 Å². The van der Waals surface area contributed by atoms with Crippen molar-refractivity contribution in [1.29, 1.82) is 5.26 Å². The lowest BCUT2D eigenvalue weighted by atomic mass is 10.1. The van der Waals surface area contributed by atoms with Crippen molar-refractivity contribution in [2.45, 2.75) is 13.1 Å². The van der Waals surface area contributed by atoms with Gasteiger partial charge in [0.25, 0.3) is 5.56 Å². The van der Waals surface area contributed by atoms with E-state index < -0.39 is 40.5 Å². The second kappa shape index (κ2) is 8.70. The summed E-state index contributed by atoms with van der Waals surface area (Å²) in [5.41, 5.74) is -5.40. The SMILES string of the molecule is CC(=O)N(C)c1cc(-n2c(=O)cc(C(F)(F)F)n(C)c2=O)c(F)cc1C#N.CO. The summed E-state index contributed by atoms with van der Waals surface area (Å²) in [6.45, 7) is 1.16. The number of alkyl halides is 3. The van der Waals surface area contributed by atoms with E-state index in [9.17, 15) is 31.9 Å². The number of aliphatic hydroxyl groups excluding tert-OH is 1. The van der Waals surface area contributed by atoms with Crippen LogP contribution in [-0.4, -0.2) is 34.3 Å². The standard InChI is InChI=1S/C16H12F4N4O3.CH4O/c1-8(25)22(2)11-5-12(10(17)4-9(11)7-21)24-14(26)6-13(16(18,19)20)23(3)15(24)27;1-2/h4-6H,1-3H3;2H,1H3. The van der Waals surface area contributed by atoms with Gasteiger partial charge in [0.15, 0.2) is 0 Å². The van der Waals surface area contributed by atoms with Gasteiger partial charge in [-0.05, 0) is 12.1 Å². The van der Waals surface area contributed by atoms with Crippen LogP contribution in [0.15, 0.2) is 27.8 Å². The molecule has 0 aliphatic carbocycles. The normalized spacial score (nSPS) is 10.6. The molecule has 0 saturated heterocycles. The number of hydrogen-bond acceptors (Lipinski definition) is 5. The fraction of sp³-hybridized carbons (Fsp3) is 0.294. The van der Waals surface area contributed by atoms with E-state index in [-0.39, 0.29) is 26.5 Å². The number of halogens is 4. The van der Waals surface area contributed by atoms with Crippen molar-refractivity contribution >= 4 is 11.6 Å². The Morgan fingerprint density at radius 2 is 1.76 bits per heavy atom. The maximum atomic E-state index is 14.4. The molecule has 8 nitrogen and oxygen atoms in total. The van der Waals surface area contributed by atoms with Crippen molar-refractivity contribution in [3.63, 3.8) is 0 Å². The van der Waals surface area contributed by atoms with Gasteiger partial charge in [0, 0.05) is 34.2 Å². The molecule has 0 spiro atoms. The zero-order chi connectivity index (χ0) is 22.7. The Hall–Kier alpha value is -3.46. The third-order valence-electron chi connectivity index (χ3n) is 3.87. The lowest BCUT2D eigenvalue weighted by molar-refractivity contribution is -0.144. The van der Waals surface area contributed by atoms with Gasteiger partial charge in [-0.25, -0.2) is 13.8 Å². The molecule has 1 aromatic carbocycles. The van der Waals surface area contributed by atoms with Crippen molar-refractivity contribution in [3.05, 3.63) is 56.1 Å². The van der Waals surface area contributed by atoms with Gasteiger partial charge in [0.1, 0.15) is 17.6 Å². The molecule has 1 heterocycles. The summed E-state index contributed by atoms with van der Waals surface area (Å²) < 4.78 is 53.5. The Morgan fingerprint density at radius 3 is 2.21 bits per heavy atom. The van der Waals surface area contributed by atoms with Crippen molar-refractivity contribution in [3.8, 4) is 11.8 Å². The maximum Gasteiger partial charge on any atom is 0.431 e. The number of nitrogens with zero attached hydrogens (tertiary/aromatic N) is 4. The van der Waals surface area contributed by atoms with E-state index in [1.807, 2.05) is 0 Å². The summed E-state index contributed by atoms with van der Waals surface area (Å²) in [6.07, 6.45) is -4.96. The molecule has 0 aliphatic heterocycles. The summed E-state index contributed by atoms with van der Waals surface area (Å²) in [7, 11) is 3.05. The first-order valence-corrected chi connectivity index (χ1v) is 7.73. The highest BCUT2D eigenvalue weighted by molar-refractivity contribution is 5.92. The summed E-state index contributed by atoms with van der Waals surface area (Å²) >= 11 is 0. The van der Waals surface area contributed by atoms with Crippen LogP contribution in [0, 0.1) is 17.1 Å². The molecule has 0 unspecified atom stereocenters. The third-order valence-corrected chi connectivity index (χ3v) is 3.87. The van der Waals surface area contributed by atoms with Crippen LogP contribution < -0.4 is 16.1 Å². The second-order valence-corrected chi connectivity index (χ2v) is 5.55. The van der Waals surface area contributed by atoms with Crippen LogP contribution in [0.2, 0.25) is 0 Å². The molecule has 29 heavy (non-hydrogen) atoms. The second-order valence-electron chi connectivity index (χ2n) is 5.55. The quantitative estimate of drug-likeness (QED) is 0.739. The van der Waals surface area contributed by atoms with Crippen LogP contribution in [0.25, 0.3) is 5.69 Å². The van der Waals surface area contributed by atoms with E-state index in [4.69, 9.17) is 10.4 Å². The van der Waals surface area contributed by atoms with Crippen LogP contribution in [0.3, 0.4) is 0 Å². The number of amides is 1. The van der Waals surface area contributed by atoms with Gasteiger partial charge in [-0.1, -0.05) is 0 Å². The fourth-order valence-corrected chi connectivity index (χ4v) is 2.38. The molecule has 1 amide bonds. The highest BCUT2D eigenvalue weighted by atomic mass is 19.4. The highest BCUT2D eigenvalue weighted by Crippen LogP contribution is 2.28. The van der Waals surface area contributed by atoms with Crippen molar-refractivity contribution < 1.29 is 27.5 Å². The number of benzene rings is 1. The van der Waals surface area contributed by atoms with E-state index in [0.717, 1.165) is 32.0 Å². The van der Waals surface area contributed by atoms with Crippen LogP contribution in [0.4, 0.5) is 23.2 Å². The molecule has 0 fully saturated rings. The van der Waals surface area contributed by atoms with Crippen LogP contribution in [0.5, 0.6) is 0 Å². The molecule has 2 rings (SSSR count). The van der Waals surface area contributed by atoms with E-state index in [1.165, 1.54) is 7.05 Å². The number of aliphatic hydroxyl groups is 1. The van der Waals surface area contributed by atoms with Crippen LogP contribution in [0.1, 0.15) is 18.2 Å². The minimum atomic E-state index is -4.96. The van der Waals surface area contributed by atoms with Gasteiger partial charge in [0.2, 0.25) is 5.91 Å².